The minimum atomic E-state index is -0.0272. The Labute approximate surface area is 163 Å². The minimum absolute atomic E-state index is 0.0272. The number of carbonyl (C=O) groups excluding carboxylic acids is 1. The first-order chi connectivity index (χ1) is 13.1. The van der Waals surface area contributed by atoms with Gasteiger partial charge >= 0.3 is 0 Å². The van der Waals surface area contributed by atoms with Gasteiger partial charge < -0.3 is 5.32 Å². The molecule has 1 N–H and O–H groups in total. The van der Waals surface area contributed by atoms with Crippen LogP contribution < -0.4 is 5.32 Å². The Hall–Kier alpha value is -2.67. The van der Waals surface area contributed by atoms with Crippen molar-refractivity contribution in [2.45, 2.75) is 31.3 Å². The fourth-order valence-electron chi connectivity index (χ4n) is 2.60. The van der Waals surface area contributed by atoms with Gasteiger partial charge in [-0.2, -0.15) is 4.68 Å². The second kappa shape index (κ2) is 9.32. The number of amides is 1. The molecule has 0 saturated carbocycles. The third kappa shape index (κ3) is 5.40. The van der Waals surface area contributed by atoms with E-state index in [2.05, 4.69) is 59.0 Å². The first-order valence-electron chi connectivity index (χ1n) is 8.95. The summed E-state index contributed by atoms with van der Waals surface area (Å²) < 4.78 is 1.66. The van der Waals surface area contributed by atoms with Gasteiger partial charge in [-0.05, 0) is 46.0 Å². The van der Waals surface area contributed by atoms with Gasteiger partial charge in [-0.1, -0.05) is 68.1 Å². The summed E-state index contributed by atoms with van der Waals surface area (Å²) >= 11 is 1.33. The Morgan fingerprint density at radius 2 is 1.85 bits per heavy atom. The first-order valence-corrected chi connectivity index (χ1v) is 9.94. The standard InChI is InChI=1S/C20H23N5OS/c1-15(2)17-8-10-18(11-9-17)25-20(22-23-24-25)27-14-19(26)21-13-12-16-6-4-3-5-7-16/h3-11,15H,12-14H2,1-2H3,(H,21,26). The average molecular weight is 382 g/mol. The van der Waals surface area contributed by atoms with Crippen molar-refractivity contribution in [1.82, 2.24) is 25.5 Å². The Balaban J connectivity index is 1.51. The second-order valence-corrected chi connectivity index (χ2v) is 7.44. The molecule has 0 aliphatic carbocycles. The van der Waals surface area contributed by atoms with Crippen LogP contribution in [-0.2, 0) is 11.2 Å². The molecule has 0 saturated heterocycles. The molecule has 3 rings (SSSR count). The molecule has 140 valence electrons. The lowest BCUT2D eigenvalue weighted by Gasteiger charge is -2.08. The molecule has 0 fully saturated rings. The normalized spacial score (nSPS) is 10.9. The van der Waals surface area contributed by atoms with Crippen LogP contribution in [0.25, 0.3) is 5.69 Å². The smallest absolute Gasteiger partial charge is 0.230 e. The molecular formula is C20H23N5OS. The molecule has 0 bridgehead atoms. The molecule has 27 heavy (non-hydrogen) atoms. The van der Waals surface area contributed by atoms with Gasteiger partial charge in [-0.15, -0.1) is 5.10 Å². The van der Waals surface area contributed by atoms with Gasteiger partial charge in [-0.25, -0.2) is 0 Å². The van der Waals surface area contributed by atoms with Gasteiger partial charge in [0.05, 0.1) is 11.4 Å². The monoisotopic (exact) mass is 381 g/mol. The van der Waals surface area contributed by atoms with E-state index in [0.29, 0.717) is 17.6 Å². The molecule has 0 radical (unpaired) electrons. The third-order valence-corrected chi connectivity index (χ3v) is 5.08. The molecule has 7 heteroatoms. The van der Waals surface area contributed by atoms with E-state index in [1.54, 1.807) is 4.68 Å². The summed E-state index contributed by atoms with van der Waals surface area (Å²) in [7, 11) is 0. The average Bonchev–Trinajstić information content (AvgIpc) is 3.16. The predicted octanol–water partition coefficient (Wildman–Crippen LogP) is 3.24. The SMILES string of the molecule is CC(C)c1ccc(-n2nnnc2SCC(=O)NCCc2ccccc2)cc1. The van der Waals surface area contributed by atoms with Crippen molar-refractivity contribution in [1.29, 1.82) is 0 Å². The number of benzene rings is 2. The van der Waals surface area contributed by atoms with Gasteiger partial charge in [0.2, 0.25) is 11.1 Å². The third-order valence-electron chi connectivity index (χ3n) is 4.16. The van der Waals surface area contributed by atoms with E-state index in [4.69, 9.17) is 0 Å². The minimum Gasteiger partial charge on any atom is -0.355 e. The number of nitrogens with zero attached hydrogens (tertiary/aromatic N) is 4. The van der Waals surface area contributed by atoms with Crippen LogP contribution in [0.5, 0.6) is 0 Å². The number of carbonyl (C=O) groups is 1. The van der Waals surface area contributed by atoms with Crippen LogP contribution in [0.4, 0.5) is 0 Å². The van der Waals surface area contributed by atoms with Gasteiger partial charge in [0.15, 0.2) is 0 Å². The number of rotatable bonds is 8. The summed E-state index contributed by atoms with van der Waals surface area (Å²) in [4.78, 5) is 12.1. The van der Waals surface area contributed by atoms with E-state index >= 15 is 0 Å². The summed E-state index contributed by atoms with van der Waals surface area (Å²) in [6.07, 6.45) is 0.817. The summed E-state index contributed by atoms with van der Waals surface area (Å²) in [5.74, 6) is 0.723. The summed E-state index contributed by atoms with van der Waals surface area (Å²) in [6.45, 7) is 4.93. The highest BCUT2D eigenvalue weighted by Crippen LogP contribution is 2.20. The number of aromatic nitrogens is 4. The van der Waals surface area contributed by atoms with Gasteiger partial charge in [0, 0.05) is 6.54 Å². The lowest BCUT2D eigenvalue weighted by Crippen LogP contribution is -2.27. The van der Waals surface area contributed by atoms with E-state index in [1.807, 2.05) is 30.3 Å². The molecule has 0 aliphatic heterocycles. The highest BCUT2D eigenvalue weighted by Gasteiger charge is 2.12. The van der Waals surface area contributed by atoms with Crippen LogP contribution in [0.1, 0.15) is 30.9 Å². The molecule has 3 aromatic rings. The maximum Gasteiger partial charge on any atom is 0.230 e. The number of thioether (sulfide) groups is 1. The maximum absolute atomic E-state index is 12.1. The Morgan fingerprint density at radius 1 is 1.11 bits per heavy atom. The van der Waals surface area contributed by atoms with Crippen molar-refractivity contribution in [3.8, 4) is 5.69 Å². The molecule has 1 heterocycles. The fourth-order valence-corrected chi connectivity index (χ4v) is 3.32. The van der Waals surface area contributed by atoms with Crippen molar-refractivity contribution >= 4 is 17.7 Å². The van der Waals surface area contributed by atoms with Crippen molar-refractivity contribution < 1.29 is 4.79 Å². The van der Waals surface area contributed by atoms with E-state index < -0.39 is 0 Å². The largest absolute Gasteiger partial charge is 0.355 e. The van der Waals surface area contributed by atoms with E-state index in [-0.39, 0.29) is 11.7 Å². The summed E-state index contributed by atoms with van der Waals surface area (Å²) in [6, 6.07) is 18.2. The molecule has 6 nitrogen and oxygen atoms in total. The van der Waals surface area contributed by atoms with Crippen molar-refractivity contribution in [2.24, 2.45) is 0 Å². The number of hydrogen-bond donors (Lipinski definition) is 1. The van der Waals surface area contributed by atoms with E-state index in [0.717, 1.165) is 12.1 Å². The Kier molecular flexibility index (Phi) is 6.59. The molecule has 0 atom stereocenters. The molecule has 0 aliphatic rings. The molecule has 0 unspecified atom stereocenters. The Bertz CT molecular complexity index is 862. The number of tetrazole rings is 1. The van der Waals surface area contributed by atoms with Crippen molar-refractivity contribution in [2.75, 3.05) is 12.3 Å². The van der Waals surface area contributed by atoms with Crippen LogP contribution in [-0.4, -0.2) is 38.4 Å². The molecule has 1 aromatic heterocycles. The lowest BCUT2D eigenvalue weighted by molar-refractivity contribution is -0.118. The zero-order chi connectivity index (χ0) is 19.1. The van der Waals surface area contributed by atoms with E-state index in [9.17, 15) is 4.79 Å². The van der Waals surface area contributed by atoms with Gasteiger partial charge in [0.25, 0.3) is 0 Å². The fraction of sp³-hybridized carbons (Fsp3) is 0.300. The number of hydrogen-bond acceptors (Lipinski definition) is 5. The molecule has 0 spiro atoms. The summed E-state index contributed by atoms with van der Waals surface area (Å²) in [5, 5.41) is 15.4. The highest BCUT2D eigenvalue weighted by molar-refractivity contribution is 7.99. The van der Waals surface area contributed by atoms with Crippen LogP contribution in [0.3, 0.4) is 0 Å². The van der Waals surface area contributed by atoms with Gasteiger partial charge in [0.1, 0.15) is 0 Å². The predicted molar refractivity (Wildman–Crippen MR) is 107 cm³/mol. The summed E-state index contributed by atoms with van der Waals surface area (Å²) in [5.41, 5.74) is 3.36. The quantitative estimate of drug-likeness (QED) is 0.607. The lowest BCUT2D eigenvalue weighted by atomic mass is 10.0. The first kappa shape index (κ1) is 19.1. The van der Waals surface area contributed by atoms with Crippen LogP contribution >= 0.6 is 11.8 Å². The number of nitrogens with one attached hydrogen (secondary N) is 1. The van der Waals surface area contributed by atoms with Gasteiger partial charge in [-0.3, -0.25) is 4.79 Å². The van der Waals surface area contributed by atoms with Crippen LogP contribution in [0.15, 0.2) is 59.8 Å². The topological polar surface area (TPSA) is 72.7 Å². The van der Waals surface area contributed by atoms with Crippen molar-refractivity contribution in [3.63, 3.8) is 0 Å². The maximum atomic E-state index is 12.1. The van der Waals surface area contributed by atoms with Crippen molar-refractivity contribution in [3.05, 3.63) is 65.7 Å². The second-order valence-electron chi connectivity index (χ2n) is 6.49. The van der Waals surface area contributed by atoms with Crippen LogP contribution in [0.2, 0.25) is 0 Å². The molecule has 2 aromatic carbocycles. The van der Waals surface area contributed by atoms with E-state index in [1.165, 1.54) is 22.9 Å². The highest BCUT2D eigenvalue weighted by atomic mass is 32.2. The Morgan fingerprint density at radius 3 is 2.56 bits per heavy atom. The zero-order valence-corrected chi connectivity index (χ0v) is 16.3. The van der Waals surface area contributed by atoms with Crippen LogP contribution in [0, 0.1) is 0 Å². The molecular weight excluding hydrogens is 358 g/mol. The zero-order valence-electron chi connectivity index (χ0n) is 15.5. The molecule has 1 amide bonds.